The first-order valence-electron chi connectivity index (χ1n) is 9.79. The highest BCUT2D eigenvalue weighted by atomic mass is 32.2. The molecule has 3 rings (SSSR count). The van der Waals surface area contributed by atoms with E-state index in [-0.39, 0.29) is 5.91 Å². The fourth-order valence-electron chi connectivity index (χ4n) is 3.30. The van der Waals surface area contributed by atoms with E-state index in [1.54, 1.807) is 32.0 Å². The predicted octanol–water partition coefficient (Wildman–Crippen LogP) is 5.18. The number of carbonyl (C=O) groups excluding carboxylic acids is 1. The first kappa shape index (κ1) is 21.8. The van der Waals surface area contributed by atoms with Crippen LogP contribution in [-0.2, 0) is 12.2 Å². The molecule has 0 atom stereocenters. The van der Waals surface area contributed by atoms with Gasteiger partial charge in [-0.1, -0.05) is 30.3 Å². The molecule has 1 aromatic heterocycles. The largest absolute Gasteiger partial charge is 0.493 e. The summed E-state index contributed by atoms with van der Waals surface area (Å²) in [6.07, 6.45) is 0.627. The fourth-order valence-corrected chi connectivity index (χ4v) is 4.33. The standard InChI is InChI=1S/C24H27NO4S/c1-16-7-5-8-17(2)23(16)30-15-19-11-12-21(29-19)24(26)25-14-13-18-9-6-10-20(27-3)22(18)28-4/h5-12H,13-15H2,1-4H3,(H,25,26). The molecule has 6 heteroatoms. The average Bonchev–Trinajstić information content (AvgIpc) is 3.22. The maximum absolute atomic E-state index is 12.4. The molecule has 2 aromatic carbocycles. The van der Waals surface area contributed by atoms with Crippen LogP contribution in [0.5, 0.6) is 11.5 Å². The first-order valence-corrected chi connectivity index (χ1v) is 10.8. The lowest BCUT2D eigenvalue weighted by Crippen LogP contribution is -2.25. The Morgan fingerprint density at radius 3 is 2.43 bits per heavy atom. The molecule has 0 bridgehead atoms. The third kappa shape index (κ3) is 5.19. The Kier molecular flexibility index (Phi) is 7.46. The Morgan fingerprint density at radius 2 is 1.73 bits per heavy atom. The highest BCUT2D eigenvalue weighted by Crippen LogP contribution is 2.31. The van der Waals surface area contributed by atoms with Crippen molar-refractivity contribution in [2.45, 2.75) is 30.9 Å². The van der Waals surface area contributed by atoms with Gasteiger partial charge in [0.15, 0.2) is 17.3 Å². The van der Waals surface area contributed by atoms with E-state index in [1.807, 2.05) is 24.3 Å². The van der Waals surface area contributed by atoms with Gasteiger partial charge in [0.1, 0.15) is 5.76 Å². The van der Waals surface area contributed by atoms with Crippen LogP contribution in [-0.4, -0.2) is 26.7 Å². The SMILES string of the molecule is COc1cccc(CCNC(=O)c2ccc(CSc3c(C)cccc3C)o2)c1OC. The first-order chi connectivity index (χ1) is 14.5. The van der Waals surface area contributed by atoms with E-state index in [4.69, 9.17) is 13.9 Å². The molecule has 158 valence electrons. The number of aryl methyl sites for hydroxylation is 2. The number of para-hydroxylation sites is 1. The number of methoxy groups -OCH3 is 2. The second kappa shape index (κ2) is 10.3. The normalized spacial score (nSPS) is 10.7. The van der Waals surface area contributed by atoms with Gasteiger partial charge in [-0.3, -0.25) is 4.79 Å². The highest BCUT2D eigenvalue weighted by molar-refractivity contribution is 7.98. The molecule has 0 aliphatic carbocycles. The number of ether oxygens (including phenoxy) is 2. The van der Waals surface area contributed by atoms with Crippen molar-refractivity contribution < 1.29 is 18.7 Å². The number of hydrogen-bond acceptors (Lipinski definition) is 5. The minimum Gasteiger partial charge on any atom is -0.493 e. The van der Waals surface area contributed by atoms with Gasteiger partial charge >= 0.3 is 0 Å². The van der Waals surface area contributed by atoms with Crippen molar-refractivity contribution in [2.24, 2.45) is 0 Å². The zero-order valence-electron chi connectivity index (χ0n) is 17.8. The molecule has 1 N–H and O–H groups in total. The van der Waals surface area contributed by atoms with Gasteiger partial charge in [0.05, 0.1) is 20.0 Å². The van der Waals surface area contributed by atoms with E-state index >= 15 is 0 Å². The number of thioether (sulfide) groups is 1. The fraction of sp³-hybridized carbons (Fsp3) is 0.292. The Hall–Kier alpha value is -2.86. The molecule has 0 aliphatic heterocycles. The number of nitrogens with one attached hydrogen (secondary N) is 1. The number of benzene rings is 2. The van der Waals surface area contributed by atoms with Crippen LogP contribution in [0.2, 0.25) is 0 Å². The molecule has 0 spiro atoms. The van der Waals surface area contributed by atoms with Crippen molar-refractivity contribution in [1.29, 1.82) is 0 Å². The Balaban J connectivity index is 1.54. The average molecular weight is 426 g/mol. The van der Waals surface area contributed by atoms with E-state index < -0.39 is 0 Å². The second-order valence-electron chi connectivity index (χ2n) is 6.93. The van der Waals surface area contributed by atoms with Crippen molar-refractivity contribution in [3.05, 3.63) is 76.7 Å². The summed E-state index contributed by atoms with van der Waals surface area (Å²) in [5.74, 6) is 2.93. The second-order valence-corrected chi connectivity index (χ2v) is 7.92. The van der Waals surface area contributed by atoms with Gasteiger partial charge in [0, 0.05) is 11.4 Å². The Bertz CT molecular complexity index is 992. The molecule has 0 radical (unpaired) electrons. The van der Waals surface area contributed by atoms with E-state index in [2.05, 4.69) is 37.4 Å². The maximum atomic E-state index is 12.4. The quantitative estimate of drug-likeness (QED) is 0.479. The highest BCUT2D eigenvalue weighted by Gasteiger charge is 2.13. The van der Waals surface area contributed by atoms with Gasteiger partial charge in [0.2, 0.25) is 0 Å². The van der Waals surface area contributed by atoms with Crippen LogP contribution in [0.1, 0.15) is 33.0 Å². The summed E-state index contributed by atoms with van der Waals surface area (Å²) in [4.78, 5) is 13.7. The van der Waals surface area contributed by atoms with Crippen LogP contribution in [0.25, 0.3) is 0 Å². The van der Waals surface area contributed by atoms with Crippen molar-refractivity contribution in [3.8, 4) is 11.5 Å². The molecule has 1 heterocycles. The lowest BCUT2D eigenvalue weighted by Gasteiger charge is -2.12. The molecular formula is C24H27NO4S. The van der Waals surface area contributed by atoms with Crippen LogP contribution in [0.3, 0.4) is 0 Å². The summed E-state index contributed by atoms with van der Waals surface area (Å²) >= 11 is 1.72. The molecule has 0 saturated carbocycles. The zero-order valence-corrected chi connectivity index (χ0v) is 18.6. The van der Waals surface area contributed by atoms with Crippen molar-refractivity contribution >= 4 is 17.7 Å². The lowest BCUT2D eigenvalue weighted by molar-refractivity contribution is 0.0925. The van der Waals surface area contributed by atoms with Crippen LogP contribution >= 0.6 is 11.8 Å². The maximum Gasteiger partial charge on any atom is 0.287 e. The molecule has 0 unspecified atom stereocenters. The van der Waals surface area contributed by atoms with Crippen molar-refractivity contribution in [2.75, 3.05) is 20.8 Å². The van der Waals surface area contributed by atoms with E-state index in [1.165, 1.54) is 16.0 Å². The van der Waals surface area contributed by atoms with Gasteiger partial charge < -0.3 is 19.2 Å². The number of carbonyl (C=O) groups is 1. The summed E-state index contributed by atoms with van der Waals surface area (Å²) in [6.45, 7) is 4.68. The molecule has 0 saturated heterocycles. The van der Waals surface area contributed by atoms with Gasteiger partial charge in [-0.05, 0) is 55.2 Å². The number of amides is 1. The Morgan fingerprint density at radius 1 is 1.00 bits per heavy atom. The van der Waals surface area contributed by atoms with E-state index in [0.29, 0.717) is 36.0 Å². The van der Waals surface area contributed by atoms with E-state index in [9.17, 15) is 4.79 Å². The van der Waals surface area contributed by atoms with Crippen LogP contribution < -0.4 is 14.8 Å². The van der Waals surface area contributed by atoms with Crippen LogP contribution in [0.4, 0.5) is 0 Å². The third-order valence-electron chi connectivity index (χ3n) is 4.82. The number of hydrogen-bond donors (Lipinski definition) is 1. The summed E-state index contributed by atoms with van der Waals surface area (Å²) < 4.78 is 16.5. The summed E-state index contributed by atoms with van der Waals surface area (Å²) in [5.41, 5.74) is 3.47. The smallest absolute Gasteiger partial charge is 0.287 e. The van der Waals surface area contributed by atoms with Gasteiger partial charge in [-0.15, -0.1) is 11.8 Å². The van der Waals surface area contributed by atoms with Crippen molar-refractivity contribution in [1.82, 2.24) is 5.32 Å². The topological polar surface area (TPSA) is 60.7 Å². The number of rotatable bonds is 9. The van der Waals surface area contributed by atoms with Gasteiger partial charge in [-0.2, -0.15) is 0 Å². The van der Waals surface area contributed by atoms with Crippen LogP contribution in [0.15, 0.2) is 57.8 Å². The molecule has 0 fully saturated rings. The molecule has 0 aliphatic rings. The zero-order chi connectivity index (χ0) is 21.5. The lowest BCUT2D eigenvalue weighted by atomic mass is 10.1. The molecular weight excluding hydrogens is 398 g/mol. The molecule has 30 heavy (non-hydrogen) atoms. The monoisotopic (exact) mass is 425 g/mol. The van der Waals surface area contributed by atoms with Gasteiger partial charge in [-0.25, -0.2) is 0 Å². The molecule has 3 aromatic rings. The summed E-state index contributed by atoms with van der Waals surface area (Å²) in [6, 6.07) is 15.6. The van der Waals surface area contributed by atoms with Crippen molar-refractivity contribution in [3.63, 3.8) is 0 Å². The number of furan rings is 1. The predicted molar refractivity (Wildman–Crippen MR) is 120 cm³/mol. The summed E-state index contributed by atoms with van der Waals surface area (Å²) in [7, 11) is 3.22. The van der Waals surface area contributed by atoms with Crippen LogP contribution in [0, 0.1) is 13.8 Å². The minimum atomic E-state index is -0.222. The minimum absolute atomic E-state index is 0.222. The van der Waals surface area contributed by atoms with E-state index in [0.717, 1.165) is 11.3 Å². The Labute approximate surface area is 181 Å². The van der Waals surface area contributed by atoms with Gasteiger partial charge in [0.25, 0.3) is 5.91 Å². The summed E-state index contributed by atoms with van der Waals surface area (Å²) in [5, 5.41) is 2.91. The third-order valence-corrected chi connectivity index (χ3v) is 6.18. The molecule has 5 nitrogen and oxygen atoms in total. The molecule has 1 amide bonds.